The molecule has 0 saturated carbocycles. The number of nitrogens with one attached hydrogen (secondary N) is 1. The Kier molecular flexibility index (Phi) is 8.36. The smallest absolute Gasteiger partial charge is 0.0612 e. The van der Waals surface area contributed by atoms with E-state index in [9.17, 15) is 5.41 Å². The van der Waals surface area contributed by atoms with Crippen LogP contribution in [0, 0.1) is 11.3 Å². The van der Waals surface area contributed by atoms with Gasteiger partial charge in [-0.1, -0.05) is 162 Å². The van der Waals surface area contributed by atoms with Gasteiger partial charge >= 0.3 is 0 Å². The molecule has 0 amide bonds. The Morgan fingerprint density at radius 1 is 0.696 bits per heavy atom. The Hall–Kier alpha value is -6.25. The average molecular weight is 725 g/mol. The zero-order valence-electron chi connectivity index (χ0n) is 33.0. The van der Waals surface area contributed by atoms with E-state index in [-0.39, 0.29) is 10.8 Å². The monoisotopic (exact) mass is 724 g/mol. The highest BCUT2D eigenvalue weighted by Crippen LogP contribution is 2.56. The Morgan fingerprint density at radius 2 is 1.38 bits per heavy atom. The zero-order chi connectivity index (χ0) is 38.9. The van der Waals surface area contributed by atoms with Gasteiger partial charge in [0.1, 0.15) is 0 Å². The number of rotatable bonds is 7. The van der Waals surface area contributed by atoms with Crippen molar-refractivity contribution in [1.29, 1.82) is 5.41 Å². The van der Waals surface area contributed by atoms with E-state index in [0.717, 1.165) is 22.1 Å². The Balaban J connectivity index is 1.27. The molecule has 3 aliphatic carbocycles. The van der Waals surface area contributed by atoms with Gasteiger partial charge in [-0.05, 0) is 137 Å². The second-order valence-electron chi connectivity index (χ2n) is 16.7. The van der Waals surface area contributed by atoms with E-state index >= 15 is 0 Å². The molecular weight excluding hydrogens is 677 g/mol. The van der Waals surface area contributed by atoms with E-state index in [0.29, 0.717) is 17.5 Å². The van der Waals surface area contributed by atoms with Gasteiger partial charge in [0.05, 0.1) is 5.71 Å². The summed E-state index contributed by atoms with van der Waals surface area (Å²) in [6.45, 7) is 15.7. The van der Waals surface area contributed by atoms with Crippen molar-refractivity contribution in [3.63, 3.8) is 0 Å². The van der Waals surface area contributed by atoms with Crippen LogP contribution < -0.4 is 5.73 Å². The summed E-state index contributed by atoms with van der Waals surface area (Å²) in [6, 6.07) is 40.5. The van der Waals surface area contributed by atoms with Crippen LogP contribution in [0.5, 0.6) is 0 Å². The number of hydrogen-bond donors (Lipinski definition) is 2. The first-order valence-corrected chi connectivity index (χ1v) is 19.8. The summed E-state index contributed by atoms with van der Waals surface area (Å²) in [4.78, 5) is 0. The lowest BCUT2D eigenvalue weighted by Crippen LogP contribution is -2.25. The van der Waals surface area contributed by atoms with Gasteiger partial charge in [0.15, 0.2) is 0 Å². The third-order valence-corrected chi connectivity index (χ3v) is 13.0. The SMILES string of the molecule is C=C(/C=C\C(=N)c1ccc2c(C3=CC4C(C=C3)c3ccccc3C4(C)C)c3ccccc3c(-c3ccc4c(c3)C(C)(C)c3ccccc3-4)c2c1)C(/C=C\N)=C/C. The van der Waals surface area contributed by atoms with Crippen LogP contribution in [-0.2, 0) is 10.8 Å². The predicted molar refractivity (Wildman–Crippen MR) is 239 cm³/mol. The van der Waals surface area contributed by atoms with Crippen LogP contribution in [0.15, 0.2) is 176 Å². The molecular formula is C54H48N2. The molecule has 3 aliphatic rings. The summed E-state index contributed by atoms with van der Waals surface area (Å²) in [6.07, 6.45) is 16.5. The van der Waals surface area contributed by atoms with Crippen LogP contribution in [0.2, 0.25) is 0 Å². The third kappa shape index (κ3) is 5.34. The highest BCUT2D eigenvalue weighted by molar-refractivity contribution is 6.21. The molecule has 0 heterocycles. The van der Waals surface area contributed by atoms with Gasteiger partial charge in [0.25, 0.3) is 0 Å². The van der Waals surface area contributed by atoms with Crippen LogP contribution in [0.4, 0.5) is 0 Å². The van der Waals surface area contributed by atoms with Crippen molar-refractivity contribution in [1.82, 2.24) is 0 Å². The number of allylic oxidation sites excluding steroid dienone is 10. The number of fused-ring (bicyclic) bond motifs is 8. The van der Waals surface area contributed by atoms with Gasteiger partial charge in [0.2, 0.25) is 0 Å². The molecule has 56 heavy (non-hydrogen) atoms. The van der Waals surface area contributed by atoms with Crippen LogP contribution in [0.1, 0.15) is 73.9 Å². The lowest BCUT2D eigenvalue weighted by Gasteiger charge is -2.31. The van der Waals surface area contributed by atoms with Crippen molar-refractivity contribution < 1.29 is 0 Å². The zero-order valence-corrected chi connectivity index (χ0v) is 33.0. The fourth-order valence-corrected chi connectivity index (χ4v) is 10.1. The fraction of sp³-hybridized carbons (Fsp3) is 0.167. The quantitative estimate of drug-likeness (QED) is 0.0961. The Labute approximate surface area is 331 Å². The van der Waals surface area contributed by atoms with Crippen LogP contribution in [0.25, 0.3) is 49.4 Å². The topological polar surface area (TPSA) is 49.9 Å². The van der Waals surface area contributed by atoms with E-state index in [4.69, 9.17) is 5.73 Å². The first-order valence-electron chi connectivity index (χ1n) is 19.8. The molecule has 2 heteroatoms. The molecule has 274 valence electrons. The molecule has 0 saturated heterocycles. The standard InChI is InChI=1S/C54H48N2/c1-7-34(28-29-55)33(2)20-27-50(56)35-21-26-44-45(30-35)52(37-23-25-41-39-15-11-13-19-47(39)54(5,6)49(41)32-37)43-17-9-8-16-42(43)51(44)36-22-24-40-38-14-10-12-18-46(38)53(3,4)48(40)31-36/h7-32,40,48,56H,2,55H2,1,3-6H3/b27-20-,29-28-,34-7+,56-50?. The van der Waals surface area contributed by atoms with Gasteiger partial charge in [-0.2, -0.15) is 0 Å². The third-order valence-electron chi connectivity index (χ3n) is 13.0. The maximum Gasteiger partial charge on any atom is 0.0612 e. The first-order chi connectivity index (χ1) is 27.0. The molecule has 0 aliphatic heterocycles. The van der Waals surface area contributed by atoms with E-state index in [2.05, 4.69) is 162 Å². The van der Waals surface area contributed by atoms with Crippen molar-refractivity contribution in [3.05, 3.63) is 209 Å². The molecule has 2 atom stereocenters. The van der Waals surface area contributed by atoms with Crippen molar-refractivity contribution in [2.45, 2.75) is 51.4 Å². The van der Waals surface area contributed by atoms with Gasteiger partial charge < -0.3 is 11.1 Å². The van der Waals surface area contributed by atoms with E-state index in [1.165, 1.54) is 78.0 Å². The highest BCUT2D eigenvalue weighted by atomic mass is 14.5. The number of nitrogens with two attached hydrogens (primary N) is 1. The summed E-state index contributed by atoms with van der Waals surface area (Å²) >= 11 is 0. The minimum atomic E-state index is -0.126. The van der Waals surface area contributed by atoms with Gasteiger partial charge in [0, 0.05) is 16.9 Å². The van der Waals surface area contributed by atoms with Crippen LogP contribution in [0.3, 0.4) is 0 Å². The van der Waals surface area contributed by atoms with Gasteiger partial charge in [-0.25, -0.2) is 0 Å². The first kappa shape index (κ1) is 35.5. The fourth-order valence-electron chi connectivity index (χ4n) is 10.1. The Morgan fingerprint density at radius 3 is 2.14 bits per heavy atom. The molecule has 6 aromatic rings. The summed E-state index contributed by atoms with van der Waals surface area (Å²) in [5.41, 5.74) is 21.7. The van der Waals surface area contributed by atoms with E-state index in [1.54, 1.807) is 0 Å². The molecule has 0 spiro atoms. The molecule has 0 radical (unpaired) electrons. The summed E-state index contributed by atoms with van der Waals surface area (Å²) < 4.78 is 0. The summed E-state index contributed by atoms with van der Waals surface area (Å²) in [5.74, 6) is 0.702. The molecule has 0 fully saturated rings. The molecule has 2 unspecified atom stereocenters. The van der Waals surface area contributed by atoms with Gasteiger partial charge in [-0.3, -0.25) is 0 Å². The van der Waals surface area contributed by atoms with Crippen LogP contribution >= 0.6 is 0 Å². The number of hydrogen-bond acceptors (Lipinski definition) is 2. The molecule has 3 N–H and O–H groups in total. The lowest BCUT2D eigenvalue weighted by molar-refractivity contribution is 0.395. The maximum atomic E-state index is 9.29. The van der Waals surface area contributed by atoms with Gasteiger partial charge in [-0.15, -0.1) is 0 Å². The predicted octanol–water partition coefficient (Wildman–Crippen LogP) is 13.5. The maximum absolute atomic E-state index is 9.29. The average Bonchev–Trinajstić information content (AvgIpc) is 3.59. The second-order valence-corrected chi connectivity index (χ2v) is 16.7. The highest BCUT2D eigenvalue weighted by Gasteiger charge is 2.45. The van der Waals surface area contributed by atoms with Crippen molar-refractivity contribution in [2.24, 2.45) is 11.7 Å². The molecule has 9 rings (SSSR count). The van der Waals surface area contributed by atoms with E-state index < -0.39 is 0 Å². The van der Waals surface area contributed by atoms with Crippen LogP contribution in [-0.4, -0.2) is 5.71 Å². The molecule has 2 nitrogen and oxygen atoms in total. The summed E-state index contributed by atoms with van der Waals surface area (Å²) in [7, 11) is 0. The van der Waals surface area contributed by atoms with E-state index in [1.807, 2.05) is 31.2 Å². The van der Waals surface area contributed by atoms with Crippen molar-refractivity contribution >= 4 is 32.8 Å². The molecule has 0 aromatic heterocycles. The second kappa shape index (κ2) is 13.2. The molecule has 0 bridgehead atoms. The summed E-state index contributed by atoms with van der Waals surface area (Å²) in [5, 5.41) is 14.1. The minimum absolute atomic E-state index is 0.00296. The molecule has 6 aromatic carbocycles. The number of benzene rings is 6. The minimum Gasteiger partial charge on any atom is -0.405 e. The largest absolute Gasteiger partial charge is 0.405 e. The Bertz CT molecular complexity index is 2810. The lowest BCUT2D eigenvalue weighted by atomic mass is 9.72. The normalized spacial score (nSPS) is 18.9. The van der Waals surface area contributed by atoms with Crippen molar-refractivity contribution in [2.75, 3.05) is 0 Å². The van der Waals surface area contributed by atoms with Crippen molar-refractivity contribution in [3.8, 4) is 22.3 Å².